The number of carbonyl (C=O) groups excluding carboxylic acids is 2. The summed E-state index contributed by atoms with van der Waals surface area (Å²) in [6.07, 6.45) is 12.4. The molecule has 0 saturated carbocycles. The molecule has 0 spiro atoms. The highest BCUT2D eigenvalue weighted by molar-refractivity contribution is 6.27. The maximum Gasteiger partial charge on any atom is 0.211 e. The van der Waals surface area contributed by atoms with Gasteiger partial charge in [-0.05, 0) is 19.4 Å². The van der Waals surface area contributed by atoms with Crippen LogP contribution in [0, 0.1) is 0 Å². The molecule has 1 heterocycles. The average Bonchev–Trinajstić information content (AvgIpc) is 2.38. The van der Waals surface area contributed by atoms with E-state index in [0.717, 1.165) is 25.8 Å². The number of Topliss-reactive ketones (excluding diaryl/α,β-unsaturated/α-hetero) is 1. The molecule has 98 valence electrons. The second kappa shape index (κ2) is 9.34. The van der Waals surface area contributed by atoms with Crippen molar-refractivity contribution in [2.75, 3.05) is 6.54 Å². The van der Waals surface area contributed by atoms with Gasteiger partial charge >= 0.3 is 0 Å². The summed E-state index contributed by atoms with van der Waals surface area (Å²) < 4.78 is 0. The van der Waals surface area contributed by atoms with E-state index in [4.69, 9.17) is 0 Å². The Morgan fingerprint density at radius 2 is 1.41 bits per heavy atom. The normalized spacial score (nSPS) is 25.1. The van der Waals surface area contributed by atoms with Crippen LogP contribution in [0.2, 0.25) is 0 Å². The SMILES string of the molecule is O=CC(=O)C1CCCCCCCCCCCN1. The standard InChI is InChI=1S/C14H25NO2/c16-12-14(17)13-10-8-6-4-2-1-3-5-7-9-11-15-13/h12-13,15H,1-11H2. The van der Waals surface area contributed by atoms with Gasteiger partial charge in [-0.3, -0.25) is 9.59 Å². The fourth-order valence-electron chi connectivity index (χ4n) is 2.41. The molecule has 3 heteroatoms. The third kappa shape index (κ3) is 6.57. The van der Waals surface area contributed by atoms with Gasteiger partial charge in [0, 0.05) is 0 Å². The molecular weight excluding hydrogens is 214 g/mol. The van der Waals surface area contributed by atoms with E-state index >= 15 is 0 Å². The van der Waals surface area contributed by atoms with Gasteiger partial charge in [0.05, 0.1) is 6.04 Å². The molecule has 0 radical (unpaired) electrons. The van der Waals surface area contributed by atoms with Crippen LogP contribution in [0.4, 0.5) is 0 Å². The zero-order valence-electron chi connectivity index (χ0n) is 10.7. The molecule has 3 nitrogen and oxygen atoms in total. The molecule has 1 fully saturated rings. The molecule has 17 heavy (non-hydrogen) atoms. The minimum absolute atomic E-state index is 0.228. The van der Waals surface area contributed by atoms with Crippen LogP contribution in [-0.2, 0) is 9.59 Å². The second-order valence-corrected chi connectivity index (χ2v) is 5.00. The largest absolute Gasteiger partial charge is 0.307 e. The molecule has 0 aromatic heterocycles. The lowest BCUT2D eigenvalue weighted by atomic mass is 10.0. The van der Waals surface area contributed by atoms with Crippen molar-refractivity contribution in [1.29, 1.82) is 0 Å². The first-order chi connectivity index (χ1) is 8.34. The molecule has 1 aliphatic rings. The highest BCUT2D eigenvalue weighted by Gasteiger charge is 2.16. The first kappa shape index (κ1) is 14.4. The fourth-order valence-corrected chi connectivity index (χ4v) is 2.41. The molecule has 0 amide bonds. The molecule has 0 bridgehead atoms. The number of nitrogens with one attached hydrogen (secondary N) is 1. The van der Waals surface area contributed by atoms with Gasteiger partial charge in [0.25, 0.3) is 0 Å². The number of rotatable bonds is 2. The Labute approximate surface area is 104 Å². The van der Waals surface area contributed by atoms with Crippen LogP contribution in [0.1, 0.15) is 64.2 Å². The predicted molar refractivity (Wildman–Crippen MR) is 69.0 cm³/mol. The molecule has 0 aromatic rings. The summed E-state index contributed by atoms with van der Waals surface area (Å²) >= 11 is 0. The summed E-state index contributed by atoms with van der Waals surface area (Å²) in [6, 6.07) is -0.228. The van der Waals surface area contributed by atoms with Gasteiger partial charge < -0.3 is 5.32 Å². The van der Waals surface area contributed by atoms with Crippen molar-refractivity contribution in [2.45, 2.75) is 70.3 Å². The number of hydrogen-bond donors (Lipinski definition) is 1. The van der Waals surface area contributed by atoms with E-state index in [2.05, 4.69) is 5.32 Å². The Morgan fingerprint density at radius 3 is 2.00 bits per heavy atom. The molecule has 1 unspecified atom stereocenters. The van der Waals surface area contributed by atoms with Crippen LogP contribution in [-0.4, -0.2) is 24.7 Å². The summed E-state index contributed by atoms with van der Waals surface area (Å²) in [4.78, 5) is 22.0. The van der Waals surface area contributed by atoms with E-state index in [1.54, 1.807) is 0 Å². The van der Waals surface area contributed by atoms with Crippen molar-refractivity contribution < 1.29 is 9.59 Å². The van der Waals surface area contributed by atoms with E-state index in [9.17, 15) is 9.59 Å². The molecular formula is C14H25NO2. The maximum atomic E-state index is 11.4. The first-order valence-corrected chi connectivity index (χ1v) is 7.07. The van der Waals surface area contributed by atoms with E-state index in [0.29, 0.717) is 6.29 Å². The third-order valence-electron chi connectivity index (χ3n) is 3.52. The van der Waals surface area contributed by atoms with Gasteiger partial charge in [-0.25, -0.2) is 0 Å². The van der Waals surface area contributed by atoms with Crippen molar-refractivity contribution in [3.63, 3.8) is 0 Å². The molecule has 1 aliphatic heterocycles. The second-order valence-electron chi connectivity index (χ2n) is 5.00. The monoisotopic (exact) mass is 239 g/mol. The molecule has 1 saturated heterocycles. The highest BCUT2D eigenvalue weighted by Crippen LogP contribution is 2.12. The molecule has 1 atom stereocenters. The van der Waals surface area contributed by atoms with E-state index < -0.39 is 0 Å². The van der Waals surface area contributed by atoms with Crippen LogP contribution in [0.25, 0.3) is 0 Å². The smallest absolute Gasteiger partial charge is 0.211 e. The Kier molecular flexibility index (Phi) is 7.89. The van der Waals surface area contributed by atoms with Crippen LogP contribution in [0.15, 0.2) is 0 Å². The number of hydrogen-bond acceptors (Lipinski definition) is 3. The Morgan fingerprint density at radius 1 is 0.882 bits per heavy atom. The van der Waals surface area contributed by atoms with Crippen molar-refractivity contribution >= 4 is 12.1 Å². The Balaban J connectivity index is 2.35. The lowest BCUT2D eigenvalue weighted by Crippen LogP contribution is -2.38. The van der Waals surface area contributed by atoms with Gasteiger partial charge in [0.15, 0.2) is 6.29 Å². The fraction of sp³-hybridized carbons (Fsp3) is 0.857. The minimum atomic E-state index is -0.278. The summed E-state index contributed by atoms with van der Waals surface area (Å²) in [7, 11) is 0. The van der Waals surface area contributed by atoms with E-state index in [1.807, 2.05) is 0 Å². The molecule has 0 aliphatic carbocycles. The third-order valence-corrected chi connectivity index (χ3v) is 3.52. The van der Waals surface area contributed by atoms with Gasteiger partial charge in [-0.2, -0.15) is 0 Å². The Hall–Kier alpha value is -0.700. The lowest BCUT2D eigenvalue weighted by molar-refractivity contribution is -0.131. The summed E-state index contributed by atoms with van der Waals surface area (Å²) in [5, 5.41) is 3.23. The maximum absolute atomic E-state index is 11.4. The summed E-state index contributed by atoms with van der Waals surface area (Å²) in [5.41, 5.74) is 0. The molecule has 1 rings (SSSR count). The zero-order chi connectivity index (χ0) is 12.3. The van der Waals surface area contributed by atoms with Crippen molar-refractivity contribution in [1.82, 2.24) is 5.32 Å². The quantitative estimate of drug-likeness (QED) is 0.595. The zero-order valence-corrected chi connectivity index (χ0v) is 10.7. The van der Waals surface area contributed by atoms with Gasteiger partial charge in [0.2, 0.25) is 5.78 Å². The van der Waals surface area contributed by atoms with Gasteiger partial charge in [-0.15, -0.1) is 0 Å². The van der Waals surface area contributed by atoms with Crippen LogP contribution >= 0.6 is 0 Å². The number of carbonyl (C=O) groups is 2. The molecule has 0 aromatic carbocycles. The molecule has 1 N–H and O–H groups in total. The van der Waals surface area contributed by atoms with Gasteiger partial charge in [0.1, 0.15) is 0 Å². The number of aldehydes is 1. The first-order valence-electron chi connectivity index (χ1n) is 7.07. The summed E-state index contributed by atoms with van der Waals surface area (Å²) in [5.74, 6) is -0.278. The predicted octanol–water partition coefficient (Wildman–Crippen LogP) is 2.63. The van der Waals surface area contributed by atoms with E-state index in [1.165, 1.54) is 44.9 Å². The number of ketones is 1. The average molecular weight is 239 g/mol. The van der Waals surface area contributed by atoms with Crippen molar-refractivity contribution in [3.8, 4) is 0 Å². The minimum Gasteiger partial charge on any atom is -0.307 e. The van der Waals surface area contributed by atoms with Gasteiger partial charge in [-0.1, -0.05) is 51.4 Å². The van der Waals surface area contributed by atoms with E-state index in [-0.39, 0.29) is 11.8 Å². The Bertz CT molecular complexity index is 214. The van der Waals surface area contributed by atoms with Crippen molar-refractivity contribution in [3.05, 3.63) is 0 Å². The summed E-state index contributed by atoms with van der Waals surface area (Å²) in [6.45, 7) is 0.865. The van der Waals surface area contributed by atoms with Crippen LogP contribution in [0.3, 0.4) is 0 Å². The lowest BCUT2D eigenvalue weighted by Gasteiger charge is -2.14. The van der Waals surface area contributed by atoms with Crippen LogP contribution in [0.5, 0.6) is 0 Å². The highest BCUT2D eigenvalue weighted by atomic mass is 16.2. The topological polar surface area (TPSA) is 46.2 Å². The van der Waals surface area contributed by atoms with Crippen LogP contribution < -0.4 is 5.32 Å². The van der Waals surface area contributed by atoms with Crippen molar-refractivity contribution in [2.24, 2.45) is 0 Å².